The molecule has 0 saturated carbocycles. The molecular formula is C43H52O12S2. The van der Waals surface area contributed by atoms with Crippen molar-refractivity contribution in [2.24, 2.45) is 0 Å². The summed E-state index contributed by atoms with van der Waals surface area (Å²) in [4.78, 5) is 38.4. The first-order valence-corrected chi connectivity index (χ1v) is 21.1. The fraction of sp³-hybridized carbons (Fsp3) is 0.372. The Balaban J connectivity index is 1.82. The van der Waals surface area contributed by atoms with Gasteiger partial charge in [-0.1, -0.05) is 17.7 Å². The summed E-state index contributed by atoms with van der Waals surface area (Å²) in [5.74, 6) is -0.672. The maximum absolute atomic E-state index is 14.3. The Morgan fingerprint density at radius 3 is 0.965 bits per heavy atom. The van der Waals surface area contributed by atoms with Crippen LogP contribution in [0.4, 0.5) is 0 Å². The molecule has 57 heavy (non-hydrogen) atoms. The molecule has 0 unspecified atom stereocenters. The van der Waals surface area contributed by atoms with Crippen LogP contribution in [0.25, 0.3) is 0 Å². The number of carbonyl (C=O) groups excluding carboxylic acids is 3. The van der Waals surface area contributed by atoms with Gasteiger partial charge in [0.25, 0.3) is 0 Å². The predicted octanol–water partition coefficient (Wildman–Crippen LogP) is 8.76. The van der Waals surface area contributed by atoms with Crippen molar-refractivity contribution in [2.45, 2.75) is 106 Å². The molecule has 0 fully saturated rings. The first kappa shape index (κ1) is 44.7. The van der Waals surface area contributed by atoms with Crippen LogP contribution in [0, 0.1) is 6.92 Å². The summed E-state index contributed by atoms with van der Waals surface area (Å²) in [7, 11) is -7.66. The van der Waals surface area contributed by atoms with Crippen LogP contribution in [0.15, 0.2) is 117 Å². The number of esters is 3. The number of aryl methyl sites for hydroxylation is 1. The van der Waals surface area contributed by atoms with E-state index in [2.05, 4.69) is 0 Å². The van der Waals surface area contributed by atoms with Gasteiger partial charge in [0.1, 0.15) is 34.1 Å². The van der Waals surface area contributed by atoms with Gasteiger partial charge in [0.2, 0.25) is 0 Å². The van der Waals surface area contributed by atoms with Crippen LogP contribution in [0.2, 0.25) is 0 Å². The van der Waals surface area contributed by atoms with Crippen LogP contribution < -0.4 is 14.2 Å². The number of benzene rings is 4. The van der Waals surface area contributed by atoms with Crippen LogP contribution in [-0.2, 0) is 42.3 Å². The van der Waals surface area contributed by atoms with Gasteiger partial charge >= 0.3 is 28.0 Å². The standard InChI is InChI=1S/C43H52O12S2/c1-30-11-19-37(20-12-30)57(47,48)55-56(34-21-13-31(14-22-34)49-27-38(44)52-41(2,3)4,35-23-15-32(16-24-35)50-28-39(45)53-42(5,6)7)36-25-17-33(18-26-36)51-29-40(46)54-43(8,9)10/h11-26H,27-29H2,1-10H3. The largest absolute Gasteiger partial charge is 0.482 e. The molecule has 0 N–H and O–H groups in total. The average molecular weight is 825 g/mol. The first-order chi connectivity index (χ1) is 26.4. The Morgan fingerprint density at radius 2 is 0.702 bits per heavy atom. The zero-order valence-electron chi connectivity index (χ0n) is 34.1. The van der Waals surface area contributed by atoms with Gasteiger partial charge in [0, 0.05) is 14.7 Å². The van der Waals surface area contributed by atoms with Crippen molar-refractivity contribution >= 4 is 38.3 Å². The molecule has 0 spiro atoms. The van der Waals surface area contributed by atoms with E-state index in [-0.39, 0.29) is 24.7 Å². The van der Waals surface area contributed by atoms with Crippen molar-refractivity contribution in [1.29, 1.82) is 0 Å². The molecule has 0 radical (unpaired) electrons. The van der Waals surface area contributed by atoms with Gasteiger partial charge in [-0.05, 0) is 164 Å². The monoisotopic (exact) mass is 824 g/mol. The van der Waals surface area contributed by atoms with E-state index in [1.807, 2.05) is 6.92 Å². The third-order valence-corrected chi connectivity index (χ3v) is 12.5. The van der Waals surface area contributed by atoms with Gasteiger partial charge in [-0.2, -0.15) is 8.42 Å². The fourth-order valence-electron chi connectivity index (χ4n) is 5.13. The topological polar surface area (TPSA) is 150 Å². The first-order valence-electron chi connectivity index (χ1n) is 18.1. The van der Waals surface area contributed by atoms with Crippen LogP contribution in [-0.4, -0.2) is 62.9 Å². The second-order valence-corrected chi connectivity index (χ2v) is 20.4. The summed E-state index contributed by atoms with van der Waals surface area (Å²) in [5, 5.41) is 0. The minimum absolute atomic E-state index is 0.0584. The van der Waals surface area contributed by atoms with Crippen LogP contribution in [0.5, 0.6) is 17.2 Å². The minimum Gasteiger partial charge on any atom is -0.482 e. The second-order valence-electron chi connectivity index (χ2n) is 15.9. The molecule has 0 amide bonds. The van der Waals surface area contributed by atoms with E-state index < -0.39 is 55.1 Å². The van der Waals surface area contributed by atoms with Gasteiger partial charge in [-0.3, -0.25) is 0 Å². The summed E-state index contributed by atoms with van der Waals surface area (Å²) in [6, 6.07) is 26.0. The van der Waals surface area contributed by atoms with E-state index in [4.69, 9.17) is 32.1 Å². The Morgan fingerprint density at radius 1 is 0.439 bits per heavy atom. The van der Waals surface area contributed by atoms with Crippen LogP contribution in [0.1, 0.15) is 67.9 Å². The molecule has 0 aliphatic carbocycles. The lowest BCUT2D eigenvalue weighted by Gasteiger charge is -2.39. The molecule has 0 atom stereocenters. The van der Waals surface area contributed by atoms with E-state index in [9.17, 15) is 22.8 Å². The molecular weight excluding hydrogens is 773 g/mol. The molecule has 0 heterocycles. The van der Waals surface area contributed by atoms with Crippen molar-refractivity contribution in [1.82, 2.24) is 0 Å². The van der Waals surface area contributed by atoms with Crippen LogP contribution in [0.3, 0.4) is 0 Å². The minimum atomic E-state index is -4.47. The summed E-state index contributed by atoms with van der Waals surface area (Å²) in [5.41, 5.74) is -1.22. The van der Waals surface area contributed by atoms with E-state index in [0.717, 1.165) is 5.56 Å². The lowest BCUT2D eigenvalue weighted by Crippen LogP contribution is -2.27. The summed E-state index contributed by atoms with van der Waals surface area (Å²) < 4.78 is 68.4. The van der Waals surface area contributed by atoms with Crippen molar-refractivity contribution in [3.8, 4) is 17.2 Å². The highest BCUT2D eigenvalue weighted by molar-refractivity contribution is 8.33. The van der Waals surface area contributed by atoms with E-state index >= 15 is 0 Å². The molecule has 4 aromatic rings. The Hall–Kier alpha value is -5.05. The Kier molecular flexibility index (Phi) is 14.1. The maximum atomic E-state index is 14.3. The highest BCUT2D eigenvalue weighted by Crippen LogP contribution is 2.70. The number of rotatable bonds is 15. The summed E-state index contributed by atoms with van der Waals surface area (Å²) in [6.45, 7) is 16.6. The molecule has 0 aliphatic rings. The van der Waals surface area contributed by atoms with Gasteiger partial charge in [0.05, 0.1) is 4.90 Å². The third kappa shape index (κ3) is 13.5. The van der Waals surface area contributed by atoms with E-state index in [1.165, 1.54) is 12.1 Å². The number of ether oxygens (including phenoxy) is 6. The summed E-state index contributed by atoms with van der Waals surface area (Å²) in [6.07, 6.45) is 0. The normalized spacial score (nSPS) is 12.6. The van der Waals surface area contributed by atoms with Gasteiger partial charge < -0.3 is 28.4 Å². The maximum Gasteiger partial charge on any atom is 0.344 e. The molecule has 308 valence electrons. The SMILES string of the molecule is Cc1ccc(S(=O)(=O)OS(c2ccc(OCC(=O)OC(C)(C)C)cc2)(c2ccc(OCC(=O)OC(C)(C)C)cc2)c2ccc(OCC(=O)OC(C)(C)C)cc2)cc1. The molecule has 12 nitrogen and oxygen atoms in total. The summed E-state index contributed by atoms with van der Waals surface area (Å²) >= 11 is 0. The Bertz CT molecular complexity index is 1910. The van der Waals surface area contributed by atoms with Crippen molar-refractivity contribution in [3.05, 3.63) is 103 Å². The average Bonchev–Trinajstić information content (AvgIpc) is 3.10. The van der Waals surface area contributed by atoms with Gasteiger partial charge in [-0.25, -0.2) is 18.0 Å². The molecule has 4 aromatic carbocycles. The zero-order valence-corrected chi connectivity index (χ0v) is 35.7. The van der Waals surface area contributed by atoms with E-state index in [1.54, 1.807) is 147 Å². The van der Waals surface area contributed by atoms with Crippen molar-refractivity contribution in [3.63, 3.8) is 0 Å². The Labute approximate surface area is 337 Å². The molecule has 0 aromatic heterocycles. The molecule has 0 aliphatic heterocycles. The smallest absolute Gasteiger partial charge is 0.344 e. The third-order valence-electron chi connectivity index (χ3n) is 7.30. The molecule has 0 saturated heterocycles. The van der Waals surface area contributed by atoms with Crippen molar-refractivity contribution in [2.75, 3.05) is 19.8 Å². The lowest BCUT2D eigenvalue weighted by atomic mass is 10.2. The lowest BCUT2D eigenvalue weighted by molar-refractivity contribution is -0.158. The van der Waals surface area contributed by atoms with Crippen LogP contribution >= 0.6 is 10.3 Å². The van der Waals surface area contributed by atoms with E-state index in [0.29, 0.717) is 31.9 Å². The fourth-order valence-corrected chi connectivity index (χ4v) is 10.3. The quantitative estimate of drug-likeness (QED) is 0.0833. The highest BCUT2D eigenvalue weighted by atomic mass is 32.3. The number of hydrogen-bond acceptors (Lipinski definition) is 12. The zero-order chi connectivity index (χ0) is 42.2. The second kappa shape index (κ2) is 18.0. The number of hydrogen-bond donors (Lipinski definition) is 0. The van der Waals surface area contributed by atoms with Crippen molar-refractivity contribution < 1.29 is 54.9 Å². The highest BCUT2D eigenvalue weighted by Gasteiger charge is 2.39. The molecule has 0 bridgehead atoms. The van der Waals surface area contributed by atoms with Gasteiger partial charge in [-0.15, -0.1) is 0 Å². The molecule has 14 heteroatoms. The number of carbonyl (C=O) groups is 3. The predicted molar refractivity (Wildman–Crippen MR) is 215 cm³/mol. The van der Waals surface area contributed by atoms with Gasteiger partial charge in [0.15, 0.2) is 19.8 Å². The molecule has 4 rings (SSSR count).